The molecule has 1 aromatic rings. The quantitative estimate of drug-likeness (QED) is 0.595. The first-order valence-electron chi connectivity index (χ1n) is 10.3. The largest absolute Gasteiger partial charge is 0.481 e. The van der Waals surface area contributed by atoms with Crippen LogP contribution in [0.3, 0.4) is 0 Å². The number of carbonyl (C=O) groups excluding carboxylic acids is 2. The molecule has 3 N–H and O–H groups in total. The van der Waals surface area contributed by atoms with Gasteiger partial charge in [0.05, 0.1) is 31.7 Å². The van der Waals surface area contributed by atoms with E-state index in [2.05, 4.69) is 0 Å². The van der Waals surface area contributed by atoms with Crippen molar-refractivity contribution >= 4 is 17.7 Å². The molecule has 1 heterocycles. The maximum atomic E-state index is 13.3. The van der Waals surface area contributed by atoms with Crippen LogP contribution in [-0.4, -0.2) is 46.3 Å². The average Bonchev–Trinajstić information content (AvgIpc) is 3.21. The van der Waals surface area contributed by atoms with Crippen LogP contribution >= 0.6 is 0 Å². The first-order chi connectivity index (χ1) is 14.0. The number of methoxy groups -OCH3 is 1. The molecule has 2 fully saturated rings. The molecule has 166 valence electrons. The van der Waals surface area contributed by atoms with Crippen molar-refractivity contribution in [3.8, 4) is 0 Å². The molecule has 1 unspecified atom stereocenters. The lowest BCUT2D eigenvalue weighted by molar-refractivity contribution is -0.187. The van der Waals surface area contributed by atoms with Gasteiger partial charge in [0.1, 0.15) is 6.10 Å². The molecule has 0 spiro atoms. The van der Waals surface area contributed by atoms with Gasteiger partial charge in [-0.2, -0.15) is 0 Å². The van der Waals surface area contributed by atoms with E-state index in [1.165, 1.54) is 19.6 Å². The van der Waals surface area contributed by atoms with Gasteiger partial charge in [0, 0.05) is 17.9 Å². The van der Waals surface area contributed by atoms with Gasteiger partial charge in [-0.1, -0.05) is 13.8 Å². The number of aliphatic hydroxyl groups is 2. The van der Waals surface area contributed by atoms with Gasteiger partial charge in [0.25, 0.3) is 0 Å². The van der Waals surface area contributed by atoms with Crippen LogP contribution in [0.25, 0.3) is 0 Å². The SMILES string of the molecule is COC(=O)[C@@H]1C[C@H](O)C(=O)[C@H]2C1(C)CC[C@H](CC(=O)O)[C@@]2(C)C[C@H](O)c1ccoc1. The summed E-state index contributed by atoms with van der Waals surface area (Å²) in [4.78, 5) is 37.4. The third-order valence-corrected chi connectivity index (χ3v) is 7.62. The zero-order chi connectivity index (χ0) is 22.3. The Labute approximate surface area is 175 Å². The van der Waals surface area contributed by atoms with E-state index in [-0.39, 0.29) is 19.3 Å². The lowest BCUT2D eigenvalue weighted by Crippen LogP contribution is -2.62. The molecule has 0 radical (unpaired) electrons. The molecule has 8 nitrogen and oxygen atoms in total. The number of carbonyl (C=O) groups is 3. The predicted octanol–water partition coefficient (Wildman–Crippen LogP) is 2.34. The molecule has 0 bridgehead atoms. The highest BCUT2D eigenvalue weighted by molar-refractivity contribution is 5.90. The Morgan fingerprint density at radius 1 is 1.37 bits per heavy atom. The predicted molar refractivity (Wildman–Crippen MR) is 104 cm³/mol. The molecular weight excluding hydrogens is 392 g/mol. The van der Waals surface area contributed by atoms with Crippen molar-refractivity contribution in [1.29, 1.82) is 0 Å². The second-order valence-electron chi connectivity index (χ2n) is 9.28. The maximum absolute atomic E-state index is 13.3. The summed E-state index contributed by atoms with van der Waals surface area (Å²) in [5.41, 5.74) is -1.22. The fourth-order valence-corrected chi connectivity index (χ4v) is 6.11. The Kier molecular flexibility index (Phi) is 6.11. The number of ether oxygens (including phenoxy) is 1. The molecule has 2 aliphatic rings. The molecule has 2 saturated carbocycles. The van der Waals surface area contributed by atoms with Crippen LogP contribution < -0.4 is 0 Å². The lowest BCUT2D eigenvalue weighted by Gasteiger charge is -2.60. The van der Waals surface area contributed by atoms with E-state index in [0.29, 0.717) is 18.4 Å². The molecular formula is C22H30O8. The summed E-state index contributed by atoms with van der Waals surface area (Å²) in [6.45, 7) is 3.65. The van der Waals surface area contributed by atoms with Crippen LogP contribution in [0, 0.1) is 28.6 Å². The normalized spacial score (nSPS) is 37.3. The Morgan fingerprint density at radius 3 is 2.63 bits per heavy atom. The van der Waals surface area contributed by atoms with Gasteiger partial charge in [-0.05, 0) is 48.5 Å². The van der Waals surface area contributed by atoms with E-state index in [1.807, 2.05) is 6.92 Å². The highest BCUT2D eigenvalue weighted by Crippen LogP contribution is 2.63. The number of hydrogen-bond donors (Lipinski definition) is 3. The number of carboxylic acid groups (broad SMARTS) is 1. The zero-order valence-electron chi connectivity index (χ0n) is 17.5. The van der Waals surface area contributed by atoms with Crippen LogP contribution in [0.4, 0.5) is 0 Å². The van der Waals surface area contributed by atoms with Crippen molar-refractivity contribution < 1.29 is 38.9 Å². The van der Waals surface area contributed by atoms with E-state index in [0.717, 1.165) is 0 Å². The minimum atomic E-state index is -1.33. The Hall–Kier alpha value is -2.19. The third-order valence-electron chi connectivity index (χ3n) is 7.62. The van der Waals surface area contributed by atoms with Gasteiger partial charge in [-0.25, -0.2) is 0 Å². The number of aliphatic carboxylic acids is 1. The van der Waals surface area contributed by atoms with Gasteiger partial charge in [0.2, 0.25) is 0 Å². The number of ketones is 1. The summed E-state index contributed by atoms with van der Waals surface area (Å²) in [6, 6.07) is 1.62. The van der Waals surface area contributed by atoms with Gasteiger partial charge in [-0.15, -0.1) is 0 Å². The molecule has 3 rings (SSSR count). The molecule has 0 amide bonds. The van der Waals surface area contributed by atoms with Crippen molar-refractivity contribution in [2.24, 2.45) is 28.6 Å². The molecule has 0 aliphatic heterocycles. The van der Waals surface area contributed by atoms with E-state index in [4.69, 9.17) is 9.15 Å². The second-order valence-corrected chi connectivity index (χ2v) is 9.28. The summed E-state index contributed by atoms with van der Waals surface area (Å²) in [5, 5.41) is 30.9. The number of fused-ring (bicyclic) bond motifs is 1. The fraction of sp³-hybridized carbons (Fsp3) is 0.682. The molecule has 8 heteroatoms. The highest BCUT2D eigenvalue weighted by Gasteiger charge is 2.64. The fourth-order valence-electron chi connectivity index (χ4n) is 6.11. The average molecular weight is 422 g/mol. The smallest absolute Gasteiger partial charge is 0.309 e. The van der Waals surface area contributed by atoms with Crippen LogP contribution in [-0.2, 0) is 19.1 Å². The molecule has 30 heavy (non-hydrogen) atoms. The number of aliphatic hydroxyl groups excluding tert-OH is 2. The molecule has 1 aromatic heterocycles. The lowest BCUT2D eigenvalue weighted by atomic mass is 9.43. The van der Waals surface area contributed by atoms with Gasteiger partial charge in [-0.3, -0.25) is 14.4 Å². The summed E-state index contributed by atoms with van der Waals surface area (Å²) < 4.78 is 10.0. The highest BCUT2D eigenvalue weighted by atomic mass is 16.5. The van der Waals surface area contributed by atoms with Crippen molar-refractivity contribution in [2.75, 3.05) is 7.11 Å². The Balaban J connectivity index is 2.08. The standard InChI is InChI=1S/C22H30O8/c1-21-6-4-13(8-17(25)26)22(2,10-16(24)12-5-7-30-11-12)19(21)18(27)15(23)9-14(21)20(28)29-3/h5,7,11,13-16,19,23-24H,4,6,8-10H2,1-3H3,(H,25,26)/t13-,14+,15+,16+,19+,21?,22-/m1/s1. The van der Waals surface area contributed by atoms with Crippen molar-refractivity contribution in [1.82, 2.24) is 0 Å². The molecule has 7 atom stereocenters. The number of Topliss-reactive ketones (excluding diaryl/α,β-unsaturated/α-hetero) is 1. The summed E-state index contributed by atoms with van der Waals surface area (Å²) in [5.74, 6) is -3.74. The van der Waals surface area contributed by atoms with Crippen LogP contribution in [0.15, 0.2) is 23.0 Å². The van der Waals surface area contributed by atoms with E-state index in [1.54, 1.807) is 13.0 Å². The van der Waals surface area contributed by atoms with Crippen molar-refractivity contribution in [3.05, 3.63) is 24.2 Å². The van der Waals surface area contributed by atoms with E-state index in [9.17, 15) is 29.7 Å². The Morgan fingerprint density at radius 2 is 2.07 bits per heavy atom. The number of furan rings is 1. The molecule has 0 saturated heterocycles. The summed E-state index contributed by atoms with van der Waals surface area (Å²) in [6.07, 6.45) is 1.43. The number of esters is 1. The number of carboxylic acids is 1. The first-order valence-corrected chi connectivity index (χ1v) is 10.3. The van der Waals surface area contributed by atoms with E-state index < -0.39 is 58.5 Å². The number of hydrogen-bond acceptors (Lipinski definition) is 7. The van der Waals surface area contributed by atoms with Crippen LogP contribution in [0.5, 0.6) is 0 Å². The monoisotopic (exact) mass is 422 g/mol. The Bertz CT molecular complexity index is 802. The minimum absolute atomic E-state index is 0.0114. The third kappa shape index (κ3) is 3.67. The van der Waals surface area contributed by atoms with Crippen molar-refractivity contribution in [2.45, 2.75) is 58.2 Å². The molecule has 2 aliphatic carbocycles. The number of rotatable bonds is 6. The summed E-state index contributed by atoms with van der Waals surface area (Å²) >= 11 is 0. The van der Waals surface area contributed by atoms with Crippen LogP contribution in [0.2, 0.25) is 0 Å². The van der Waals surface area contributed by atoms with E-state index >= 15 is 0 Å². The van der Waals surface area contributed by atoms with Gasteiger partial charge >= 0.3 is 11.9 Å². The zero-order valence-corrected chi connectivity index (χ0v) is 17.5. The van der Waals surface area contributed by atoms with Crippen LogP contribution in [0.1, 0.15) is 57.6 Å². The maximum Gasteiger partial charge on any atom is 0.309 e. The topological polar surface area (TPSA) is 134 Å². The summed E-state index contributed by atoms with van der Waals surface area (Å²) in [7, 11) is 1.28. The van der Waals surface area contributed by atoms with Gasteiger partial charge < -0.3 is 24.5 Å². The molecule has 0 aromatic carbocycles. The first kappa shape index (κ1) is 22.5. The van der Waals surface area contributed by atoms with Gasteiger partial charge in [0.15, 0.2) is 5.78 Å². The van der Waals surface area contributed by atoms with Crippen molar-refractivity contribution in [3.63, 3.8) is 0 Å². The minimum Gasteiger partial charge on any atom is -0.481 e. The second kappa shape index (κ2) is 8.15.